The third-order valence-electron chi connectivity index (χ3n) is 3.05. The maximum atomic E-state index is 5.02. The highest BCUT2D eigenvalue weighted by Crippen LogP contribution is 2.23. The van der Waals surface area contributed by atoms with Crippen molar-refractivity contribution in [3.05, 3.63) is 41.2 Å². The molecule has 2 rings (SSSR count). The fourth-order valence-electron chi connectivity index (χ4n) is 1.91. The van der Waals surface area contributed by atoms with Crippen molar-refractivity contribution < 1.29 is 4.74 Å². The first-order valence-corrected chi connectivity index (χ1v) is 7.94. The number of hydrogen-bond acceptors (Lipinski definition) is 6. The van der Waals surface area contributed by atoms with Crippen molar-refractivity contribution in [1.82, 2.24) is 15.3 Å². The quantitative estimate of drug-likeness (QED) is 0.720. The average Bonchev–Trinajstić information content (AvgIpc) is 2.99. The van der Waals surface area contributed by atoms with E-state index >= 15 is 0 Å². The summed E-state index contributed by atoms with van der Waals surface area (Å²) in [5, 5.41) is 4.38. The average molecular weight is 306 g/mol. The molecule has 0 radical (unpaired) electrons. The van der Waals surface area contributed by atoms with Gasteiger partial charge in [-0.2, -0.15) is 0 Å². The normalized spacial score (nSPS) is 10.8. The molecular weight excluding hydrogens is 284 g/mol. The molecule has 0 amide bonds. The highest BCUT2D eigenvalue weighted by atomic mass is 32.1. The number of rotatable bonds is 9. The molecule has 6 heteroatoms. The van der Waals surface area contributed by atoms with E-state index < -0.39 is 0 Å². The largest absolute Gasteiger partial charge is 0.383 e. The third-order valence-corrected chi connectivity index (χ3v) is 4.11. The van der Waals surface area contributed by atoms with Crippen molar-refractivity contribution in [2.45, 2.75) is 20.0 Å². The summed E-state index contributed by atoms with van der Waals surface area (Å²) in [5.74, 6) is 0. The van der Waals surface area contributed by atoms with E-state index in [1.54, 1.807) is 18.4 Å². The highest BCUT2D eigenvalue weighted by Gasteiger charge is 2.10. The molecule has 2 heterocycles. The molecule has 0 aliphatic heterocycles. The van der Waals surface area contributed by atoms with Gasteiger partial charge < -0.3 is 15.0 Å². The minimum Gasteiger partial charge on any atom is -0.383 e. The third kappa shape index (κ3) is 5.08. The lowest BCUT2D eigenvalue weighted by Gasteiger charge is -2.19. The van der Waals surface area contributed by atoms with Gasteiger partial charge in [0.2, 0.25) is 0 Å². The van der Waals surface area contributed by atoms with E-state index in [0.29, 0.717) is 0 Å². The van der Waals surface area contributed by atoms with Gasteiger partial charge >= 0.3 is 0 Å². The molecule has 2 aromatic heterocycles. The molecule has 2 aromatic rings. The number of aromatic nitrogens is 2. The second-order valence-corrected chi connectivity index (χ2v) is 5.71. The summed E-state index contributed by atoms with van der Waals surface area (Å²) in [6, 6.07) is 6.00. The molecule has 114 valence electrons. The van der Waals surface area contributed by atoms with Gasteiger partial charge in [-0.15, -0.1) is 11.3 Å². The number of methoxy groups -OCH3 is 1. The molecule has 0 aromatic carbocycles. The lowest BCUT2D eigenvalue weighted by molar-refractivity contribution is 0.199. The van der Waals surface area contributed by atoms with Crippen LogP contribution in [0.1, 0.15) is 17.5 Å². The van der Waals surface area contributed by atoms with Gasteiger partial charge in [0.25, 0.3) is 0 Å². The van der Waals surface area contributed by atoms with E-state index in [1.165, 1.54) is 4.88 Å². The van der Waals surface area contributed by atoms with Crippen LogP contribution in [0.4, 0.5) is 5.13 Å². The number of ether oxygens (including phenoxy) is 1. The Balaban J connectivity index is 1.91. The summed E-state index contributed by atoms with van der Waals surface area (Å²) in [6.45, 7) is 6.27. The SMILES string of the molecule is CCN(Cc1ccccn1)c1ncc(CNCCOC)s1. The van der Waals surface area contributed by atoms with Crippen LogP contribution in [0.25, 0.3) is 0 Å². The van der Waals surface area contributed by atoms with Gasteiger partial charge in [0.05, 0.1) is 18.8 Å². The minimum atomic E-state index is 0.729. The van der Waals surface area contributed by atoms with E-state index in [-0.39, 0.29) is 0 Å². The summed E-state index contributed by atoms with van der Waals surface area (Å²) in [6.07, 6.45) is 3.77. The Hall–Kier alpha value is -1.50. The molecule has 0 unspecified atom stereocenters. The zero-order chi connectivity index (χ0) is 14.9. The van der Waals surface area contributed by atoms with E-state index in [9.17, 15) is 0 Å². The van der Waals surface area contributed by atoms with Gasteiger partial charge in [0, 0.05) is 44.0 Å². The maximum absolute atomic E-state index is 5.02. The Morgan fingerprint density at radius 2 is 2.24 bits per heavy atom. The van der Waals surface area contributed by atoms with Crippen molar-refractivity contribution in [2.24, 2.45) is 0 Å². The lowest BCUT2D eigenvalue weighted by Crippen LogP contribution is -2.22. The molecule has 0 saturated heterocycles. The molecule has 0 aliphatic rings. The first kappa shape index (κ1) is 15.9. The van der Waals surface area contributed by atoms with Crippen molar-refractivity contribution in [3.63, 3.8) is 0 Å². The first-order valence-electron chi connectivity index (χ1n) is 7.12. The molecule has 0 fully saturated rings. The molecule has 21 heavy (non-hydrogen) atoms. The molecule has 0 spiro atoms. The fourth-order valence-corrected chi connectivity index (χ4v) is 2.86. The van der Waals surface area contributed by atoms with Crippen LogP contribution < -0.4 is 10.2 Å². The number of pyridine rings is 1. The monoisotopic (exact) mass is 306 g/mol. The van der Waals surface area contributed by atoms with E-state index in [2.05, 4.69) is 27.1 Å². The van der Waals surface area contributed by atoms with Gasteiger partial charge in [-0.1, -0.05) is 6.07 Å². The van der Waals surface area contributed by atoms with Crippen LogP contribution in [0.15, 0.2) is 30.6 Å². The maximum Gasteiger partial charge on any atom is 0.185 e. The van der Waals surface area contributed by atoms with Gasteiger partial charge in [-0.05, 0) is 19.1 Å². The van der Waals surface area contributed by atoms with E-state index in [4.69, 9.17) is 4.74 Å². The molecule has 0 atom stereocenters. The summed E-state index contributed by atoms with van der Waals surface area (Å²) in [4.78, 5) is 12.4. The lowest BCUT2D eigenvalue weighted by atomic mass is 10.3. The van der Waals surface area contributed by atoms with Crippen LogP contribution in [-0.4, -0.2) is 36.8 Å². The topological polar surface area (TPSA) is 50.3 Å². The number of nitrogens with one attached hydrogen (secondary N) is 1. The van der Waals surface area contributed by atoms with Crippen LogP contribution >= 0.6 is 11.3 Å². The molecule has 0 bridgehead atoms. The smallest absolute Gasteiger partial charge is 0.185 e. The molecule has 5 nitrogen and oxygen atoms in total. The van der Waals surface area contributed by atoms with Gasteiger partial charge in [0.15, 0.2) is 5.13 Å². The van der Waals surface area contributed by atoms with Crippen molar-refractivity contribution >= 4 is 16.5 Å². The Bertz CT molecular complexity index is 517. The Morgan fingerprint density at radius 3 is 2.95 bits per heavy atom. The minimum absolute atomic E-state index is 0.729. The Morgan fingerprint density at radius 1 is 1.33 bits per heavy atom. The van der Waals surface area contributed by atoms with Crippen LogP contribution in [-0.2, 0) is 17.8 Å². The van der Waals surface area contributed by atoms with Crippen molar-refractivity contribution in [1.29, 1.82) is 0 Å². The van der Waals surface area contributed by atoms with Gasteiger partial charge in [0.1, 0.15) is 0 Å². The zero-order valence-corrected chi connectivity index (χ0v) is 13.4. The van der Waals surface area contributed by atoms with Crippen molar-refractivity contribution in [3.8, 4) is 0 Å². The van der Waals surface area contributed by atoms with Gasteiger partial charge in [-0.25, -0.2) is 4.98 Å². The number of anilines is 1. The number of hydrogen-bond donors (Lipinski definition) is 1. The Kier molecular flexibility index (Phi) is 6.59. The number of nitrogens with zero attached hydrogens (tertiary/aromatic N) is 3. The van der Waals surface area contributed by atoms with Gasteiger partial charge in [-0.3, -0.25) is 4.98 Å². The standard InChI is InChI=1S/C15H22N4OS/c1-3-19(12-13-6-4-5-7-17-13)15-18-11-14(21-15)10-16-8-9-20-2/h4-7,11,16H,3,8-10,12H2,1-2H3. The highest BCUT2D eigenvalue weighted by molar-refractivity contribution is 7.15. The summed E-state index contributed by atoms with van der Waals surface area (Å²) in [7, 11) is 1.71. The zero-order valence-electron chi connectivity index (χ0n) is 12.6. The van der Waals surface area contributed by atoms with Crippen LogP contribution in [0, 0.1) is 0 Å². The van der Waals surface area contributed by atoms with E-state index in [0.717, 1.165) is 43.6 Å². The second kappa shape index (κ2) is 8.71. The predicted octanol–water partition coefficient (Wildman–Crippen LogP) is 2.30. The van der Waals surface area contributed by atoms with Crippen molar-refractivity contribution in [2.75, 3.05) is 31.7 Å². The number of thiazole rings is 1. The van der Waals surface area contributed by atoms with Crippen LogP contribution in [0.2, 0.25) is 0 Å². The van der Waals surface area contributed by atoms with Crippen LogP contribution in [0.3, 0.4) is 0 Å². The first-order chi connectivity index (χ1) is 10.3. The Labute approximate surface area is 130 Å². The molecule has 1 N–H and O–H groups in total. The molecule has 0 saturated carbocycles. The fraction of sp³-hybridized carbons (Fsp3) is 0.467. The summed E-state index contributed by atoms with van der Waals surface area (Å²) in [5.41, 5.74) is 1.06. The second-order valence-electron chi connectivity index (χ2n) is 4.61. The predicted molar refractivity (Wildman–Crippen MR) is 86.7 cm³/mol. The summed E-state index contributed by atoms with van der Waals surface area (Å²) < 4.78 is 5.02. The molecular formula is C15H22N4OS. The van der Waals surface area contributed by atoms with Crippen LogP contribution in [0.5, 0.6) is 0 Å². The molecule has 0 aliphatic carbocycles. The summed E-state index contributed by atoms with van der Waals surface area (Å²) >= 11 is 1.73. The van der Waals surface area contributed by atoms with E-state index in [1.807, 2.05) is 30.6 Å².